The summed E-state index contributed by atoms with van der Waals surface area (Å²) >= 11 is 0. The topological polar surface area (TPSA) is 67.7 Å². The highest BCUT2D eigenvalue weighted by molar-refractivity contribution is 5.76. The second-order valence-electron chi connectivity index (χ2n) is 6.41. The van der Waals surface area contributed by atoms with Crippen LogP contribution in [-0.4, -0.2) is 26.3 Å². The van der Waals surface area contributed by atoms with Crippen LogP contribution in [0.2, 0.25) is 0 Å². The van der Waals surface area contributed by atoms with Crippen LogP contribution >= 0.6 is 0 Å². The lowest BCUT2D eigenvalue weighted by molar-refractivity contribution is 0.636. The van der Waals surface area contributed by atoms with Crippen molar-refractivity contribution < 1.29 is 0 Å². The van der Waals surface area contributed by atoms with Crippen molar-refractivity contribution in [3.63, 3.8) is 0 Å². The van der Waals surface area contributed by atoms with Crippen molar-refractivity contribution >= 4 is 11.4 Å². The van der Waals surface area contributed by atoms with Crippen molar-refractivity contribution in [2.24, 2.45) is 0 Å². The zero-order valence-corrected chi connectivity index (χ0v) is 15.5. The van der Waals surface area contributed by atoms with E-state index in [1.165, 1.54) is 5.56 Å². The summed E-state index contributed by atoms with van der Waals surface area (Å²) in [4.78, 5) is 8.70. The Kier molecular flexibility index (Phi) is 5.58. The Labute approximate surface area is 164 Å². The molecule has 6 nitrogen and oxygen atoms in total. The van der Waals surface area contributed by atoms with Crippen LogP contribution in [0.5, 0.6) is 0 Å². The van der Waals surface area contributed by atoms with Gasteiger partial charge in [0, 0.05) is 18.7 Å². The number of nitrogens with zero attached hydrogens (tertiary/aromatic N) is 4. The van der Waals surface area contributed by atoms with Crippen LogP contribution in [0.1, 0.15) is 5.56 Å². The van der Waals surface area contributed by atoms with E-state index in [-0.39, 0.29) is 0 Å². The summed E-state index contributed by atoms with van der Waals surface area (Å²) in [5.74, 6) is 0. The molecule has 4 rings (SSSR count). The summed E-state index contributed by atoms with van der Waals surface area (Å²) in [6.07, 6.45) is 5.15. The van der Waals surface area contributed by atoms with Crippen LogP contribution in [0.3, 0.4) is 0 Å². The Morgan fingerprint density at radius 2 is 1.68 bits per heavy atom. The van der Waals surface area contributed by atoms with Gasteiger partial charge in [-0.15, -0.1) is 0 Å². The van der Waals surface area contributed by atoms with Gasteiger partial charge < -0.3 is 10.6 Å². The molecule has 2 N–H and O–H groups in total. The molecule has 2 heterocycles. The van der Waals surface area contributed by atoms with Crippen molar-refractivity contribution in [1.82, 2.24) is 19.7 Å². The van der Waals surface area contributed by atoms with Crippen molar-refractivity contribution in [3.8, 4) is 11.3 Å². The van der Waals surface area contributed by atoms with Crippen molar-refractivity contribution in [1.29, 1.82) is 0 Å². The molecule has 0 amide bonds. The van der Waals surface area contributed by atoms with Crippen molar-refractivity contribution in [2.45, 2.75) is 13.1 Å². The van der Waals surface area contributed by atoms with Gasteiger partial charge in [-0.1, -0.05) is 60.7 Å². The molecule has 6 heteroatoms. The molecule has 28 heavy (non-hydrogen) atoms. The van der Waals surface area contributed by atoms with Crippen LogP contribution in [-0.2, 0) is 13.1 Å². The monoisotopic (exact) mass is 370 g/mol. The van der Waals surface area contributed by atoms with Gasteiger partial charge in [-0.2, -0.15) is 5.10 Å². The van der Waals surface area contributed by atoms with Crippen LogP contribution in [0.4, 0.5) is 11.4 Å². The number of benzene rings is 2. The van der Waals surface area contributed by atoms with Crippen molar-refractivity contribution in [3.05, 3.63) is 91.1 Å². The summed E-state index contributed by atoms with van der Waals surface area (Å²) in [7, 11) is 0. The Morgan fingerprint density at radius 3 is 2.43 bits per heavy atom. The average Bonchev–Trinajstić information content (AvgIpc) is 3.27. The van der Waals surface area contributed by atoms with E-state index in [1.54, 1.807) is 17.3 Å². The first-order valence-corrected chi connectivity index (χ1v) is 9.28. The maximum absolute atomic E-state index is 4.72. The third-order valence-corrected chi connectivity index (χ3v) is 4.40. The molecule has 0 saturated carbocycles. The van der Waals surface area contributed by atoms with Gasteiger partial charge >= 0.3 is 0 Å². The van der Waals surface area contributed by atoms with E-state index in [4.69, 9.17) is 4.98 Å². The molecule has 4 aromatic rings. The summed E-state index contributed by atoms with van der Waals surface area (Å²) in [6.45, 7) is 2.22. The molecule has 2 aromatic carbocycles. The normalized spacial score (nSPS) is 10.6. The zero-order valence-electron chi connectivity index (χ0n) is 15.5. The summed E-state index contributed by atoms with van der Waals surface area (Å²) in [5, 5.41) is 11.1. The molecule has 0 spiro atoms. The molecular formula is C22H22N6. The van der Waals surface area contributed by atoms with Gasteiger partial charge in [-0.05, 0) is 11.6 Å². The SMILES string of the molecule is c1ccc(CNc2cnc(-c3ccccc3)c(NCCn3cncn3)c2)cc1. The summed E-state index contributed by atoms with van der Waals surface area (Å²) in [6, 6.07) is 22.6. The fraction of sp³-hybridized carbons (Fsp3) is 0.136. The first kappa shape index (κ1) is 17.7. The second-order valence-corrected chi connectivity index (χ2v) is 6.41. The number of nitrogens with one attached hydrogen (secondary N) is 2. The Hall–Kier alpha value is -3.67. The lowest BCUT2D eigenvalue weighted by atomic mass is 10.1. The van der Waals surface area contributed by atoms with Gasteiger partial charge in [0.2, 0.25) is 0 Å². The summed E-state index contributed by atoms with van der Waals surface area (Å²) in [5.41, 5.74) is 5.22. The first-order valence-electron chi connectivity index (χ1n) is 9.28. The van der Waals surface area contributed by atoms with Gasteiger partial charge in [0.15, 0.2) is 0 Å². The predicted molar refractivity (Wildman–Crippen MR) is 112 cm³/mol. The third kappa shape index (κ3) is 4.54. The smallest absolute Gasteiger partial charge is 0.137 e. The Bertz CT molecular complexity index is 984. The van der Waals surface area contributed by atoms with E-state index in [9.17, 15) is 0 Å². The molecule has 140 valence electrons. The quantitative estimate of drug-likeness (QED) is 0.489. The summed E-state index contributed by atoms with van der Waals surface area (Å²) < 4.78 is 1.81. The highest BCUT2D eigenvalue weighted by Gasteiger charge is 2.08. The van der Waals surface area contributed by atoms with Gasteiger partial charge in [-0.25, -0.2) is 4.98 Å². The molecule has 0 radical (unpaired) electrons. The van der Waals surface area contributed by atoms with E-state index >= 15 is 0 Å². The van der Waals surface area contributed by atoms with Crippen LogP contribution in [0.15, 0.2) is 85.6 Å². The highest BCUT2D eigenvalue weighted by Crippen LogP contribution is 2.28. The largest absolute Gasteiger partial charge is 0.381 e. The Balaban J connectivity index is 1.52. The lowest BCUT2D eigenvalue weighted by Gasteiger charge is -2.14. The minimum Gasteiger partial charge on any atom is -0.381 e. The molecule has 0 saturated heterocycles. The number of anilines is 2. The number of hydrogen-bond acceptors (Lipinski definition) is 5. The molecule has 0 unspecified atom stereocenters. The second kappa shape index (κ2) is 8.81. The minimum absolute atomic E-state index is 0.729. The fourth-order valence-corrected chi connectivity index (χ4v) is 2.98. The van der Waals surface area contributed by atoms with Crippen molar-refractivity contribution in [2.75, 3.05) is 17.2 Å². The van der Waals surface area contributed by atoms with E-state index in [0.29, 0.717) is 0 Å². The van der Waals surface area contributed by atoms with E-state index in [1.807, 2.05) is 42.6 Å². The standard InChI is InChI=1S/C22H22N6/c1-3-7-18(8-4-1)14-25-20-13-21(24-11-12-28-17-23-16-27-28)22(26-15-20)19-9-5-2-6-10-19/h1-10,13,15-17,24-25H,11-12,14H2. The molecule has 0 aliphatic rings. The number of aromatic nitrogens is 4. The highest BCUT2D eigenvalue weighted by atomic mass is 15.3. The fourth-order valence-electron chi connectivity index (χ4n) is 2.98. The maximum atomic E-state index is 4.72. The molecule has 0 bridgehead atoms. The first-order chi connectivity index (χ1) is 13.9. The van der Waals surface area contributed by atoms with Gasteiger partial charge in [0.05, 0.1) is 29.8 Å². The molecular weight excluding hydrogens is 348 g/mol. The minimum atomic E-state index is 0.729. The van der Waals surface area contributed by atoms with Gasteiger partial charge in [0.25, 0.3) is 0 Å². The van der Waals surface area contributed by atoms with E-state index < -0.39 is 0 Å². The Morgan fingerprint density at radius 1 is 0.893 bits per heavy atom. The van der Waals surface area contributed by atoms with Crippen LogP contribution in [0.25, 0.3) is 11.3 Å². The van der Waals surface area contributed by atoms with Gasteiger partial charge in [0.1, 0.15) is 12.7 Å². The van der Waals surface area contributed by atoms with E-state index in [2.05, 4.69) is 51.0 Å². The third-order valence-electron chi connectivity index (χ3n) is 4.40. The average molecular weight is 370 g/mol. The van der Waals surface area contributed by atoms with Gasteiger partial charge in [-0.3, -0.25) is 9.67 Å². The molecule has 0 aliphatic carbocycles. The number of pyridine rings is 1. The predicted octanol–water partition coefficient (Wildman–Crippen LogP) is 4.06. The maximum Gasteiger partial charge on any atom is 0.137 e. The lowest BCUT2D eigenvalue weighted by Crippen LogP contribution is -2.12. The molecule has 0 fully saturated rings. The number of hydrogen-bond donors (Lipinski definition) is 2. The molecule has 2 aromatic heterocycles. The van der Waals surface area contributed by atoms with Crippen LogP contribution in [0, 0.1) is 0 Å². The van der Waals surface area contributed by atoms with E-state index in [0.717, 1.165) is 42.3 Å². The molecule has 0 aliphatic heterocycles. The zero-order chi connectivity index (χ0) is 19.0. The number of rotatable bonds is 8. The molecule has 0 atom stereocenters. The van der Waals surface area contributed by atoms with Crippen LogP contribution < -0.4 is 10.6 Å².